The topological polar surface area (TPSA) is 65.4 Å². The van der Waals surface area contributed by atoms with Gasteiger partial charge in [-0.3, -0.25) is 14.9 Å². The van der Waals surface area contributed by atoms with Gasteiger partial charge < -0.3 is 10.0 Å². The second-order valence-electron chi connectivity index (χ2n) is 6.09. The van der Waals surface area contributed by atoms with Gasteiger partial charge in [0.2, 0.25) is 0 Å². The fraction of sp³-hybridized carbons (Fsp3) is 0.278. The molecule has 0 aliphatic carbocycles. The number of halogens is 1. The van der Waals surface area contributed by atoms with E-state index in [2.05, 4.69) is 24.8 Å². The van der Waals surface area contributed by atoms with Crippen molar-refractivity contribution in [2.45, 2.75) is 6.54 Å². The largest absolute Gasteiger partial charge is 0.505 e. The average Bonchev–Trinajstić information content (AvgIpc) is 2.67. The van der Waals surface area contributed by atoms with Crippen LogP contribution in [0.5, 0.6) is 5.75 Å². The summed E-state index contributed by atoms with van der Waals surface area (Å²) in [4.78, 5) is 17.3. The van der Waals surface area contributed by atoms with Crippen molar-refractivity contribution in [1.29, 1.82) is 0 Å². The van der Waals surface area contributed by atoms with Crippen molar-refractivity contribution in [1.82, 2.24) is 19.9 Å². The van der Waals surface area contributed by atoms with Gasteiger partial charge in [-0.2, -0.15) is 0 Å². The van der Waals surface area contributed by atoms with E-state index in [0.29, 0.717) is 17.1 Å². The Morgan fingerprint density at radius 1 is 1.08 bits per heavy atom. The second-order valence-corrected chi connectivity index (χ2v) is 6.50. The maximum atomic E-state index is 10.6. The number of fused-ring (bicyclic) bond motifs is 1. The lowest BCUT2D eigenvalue weighted by atomic mass is 10.1. The molecule has 1 saturated heterocycles. The number of phenols is 1. The van der Waals surface area contributed by atoms with Gasteiger partial charge in [-0.15, -0.1) is 0 Å². The van der Waals surface area contributed by atoms with Crippen LogP contribution in [0.3, 0.4) is 0 Å². The Hall–Kier alpha value is -2.44. The van der Waals surface area contributed by atoms with Gasteiger partial charge in [0, 0.05) is 62.3 Å². The molecule has 0 bridgehead atoms. The number of anilines is 1. The van der Waals surface area contributed by atoms with Gasteiger partial charge in [0.25, 0.3) is 0 Å². The Morgan fingerprint density at radius 2 is 1.92 bits per heavy atom. The van der Waals surface area contributed by atoms with Crippen LogP contribution in [-0.2, 0) is 6.54 Å². The Kier molecular flexibility index (Phi) is 4.38. The van der Waals surface area contributed by atoms with Crippen molar-refractivity contribution < 1.29 is 5.11 Å². The molecule has 4 rings (SSSR count). The van der Waals surface area contributed by atoms with E-state index in [4.69, 9.17) is 11.6 Å². The lowest BCUT2D eigenvalue weighted by molar-refractivity contribution is 0.246. The minimum absolute atomic E-state index is 0.219. The first-order chi connectivity index (χ1) is 12.2. The van der Waals surface area contributed by atoms with Gasteiger partial charge in [-0.25, -0.2) is 4.98 Å². The number of benzene rings is 1. The molecule has 1 aliphatic heterocycles. The summed E-state index contributed by atoms with van der Waals surface area (Å²) in [5, 5.41) is 12.0. The van der Waals surface area contributed by atoms with Crippen LogP contribution >= 0.6 is 11.6 Å². The zero-order chi connectivity index (χ0) is 17.2. The molecule has 2 aromatic heterocycles. The third-order valence-corrected chi connectivity index (χ3v) is 4.85. The molecule has 1 N–H and O–H groups in total. The van der Waals surface area contributed by atoms with E-state index in [1.807, 2.05) is 18.2 Å². The van der Waals surface area contributed by atoms with Crippen molar-refractivity contribution in [2.75, 3.05) is 31.1 Å². The highest BCUT2D eigenvalue weighted by Gasteiger charge is 2.20. The summed E-state index contributed by atoms with van der Waals surface area (Å²) in [5.41, 5.74) is 1.37. The highest BCUT2D eigenvalue weighted by Crippen LogP contribution is 2.33. The Bertz CT molecular complexity index is 881. The van der Waals surface area contributed by atoms with Crippen LogP contribution in [0, 0.1) is 0 Å². The number of aromatic hydroxyl groups is 1. The number of nitrogens with zero attached hydrogens (tertiary/aromatic N) is 5. The first-order valence-electron chi connectivity index (χ1n) is 8.21. The summed E-state index contributed by atoms with van der Waals surface area (Å²) in [7, 11) is 0. The molecular weight excluding hydrogens is 338 g/mol. The molecule has 0 amide bonds. The predicted octanol–water partition coefficient (Wildman–Crippen LogP) is 2.71. The molecule has 1 aromatic carbocycles. The highest BCUT2D eigenvalue weighted by molar-refractivity contribution is 6.35. The summed E-state index contributed by atoms with van der Waals surface area (Å²) in [6.07, 6.45) is 6.85. The molecule has 7 heteroatoms. The van der Waals surface area contributed by atoms with Crippen molar-refractivity contribution in [3.8, 4) is 5.75 Å². The van der Waals surface area contributed by atoms with Crippen molar-refractivity contribution in [3.05, 3.63) is 53.6 Å². The summed E-state index contributed by atoms with van der Waals surface area (Å²) in [6.45, 7) is 4.16. The molecule has 0 atom stereocenters. The lowest BCUT2D eigenvalue weighted by Crippen LogP contribution is -2.46. The number of phenolic OH excluding ortho intramolecular Hbond substituents is 1. The Morgan fingerprint density at radius 3 is 2.68 bits per heavy atom. The van der Waals surface area contributed by atoms with Crippen molar-refractivity contribution in [3.63, 3.8) is 0 Å². The van der Waals surface area contributed by atoms with Gasteiger partial charge in [-0.1, -0.05) is 11.6 Å². The minimum Gasteiger partial charge on any atom is -0.505 e. The average molecular weight is 356 g/mol. The third-order valence-electron chi connectivity index (χ3n) is 4.53. The molecule has 0 radical (unpaired) electrons. The summed E-state index contributed by atoms with van der Waals surface area (Å²) < 4.78 is 0. The van der Waals surface area contributed by atoms with Gasteiger partial charge in [0.15, 0.2) is 0 Å². The standard InChI is InChI=1S/C18H18ClN5O/c19-15-10-13(18(25)17-14(15)2-1-3-22-17)12-23-6-8-24(9-7-23)16-11-20-4-5-21-16/h1-5,10-11,25H,6-9,12H2. The molecule has 1 aliphatic rings. The SMILES string of the molecule is Oc1c(CN2CCN(c3cnccn3)CC2)cc(Cl)c2cccnc12. The number of pyridine rings is 1. The molecule has 25 heavy (non-hydrogen) atoms. The van der Waals surface area contributed by atoms with Crippen LogP contribution in [0.2, 0.25) is 5.02 Å². The lowest BCUT2D eigenvalue weighted by Gasteiger charge is -2.35. The molecule has 6 nitrogen and oxygen atoms in total. The fourth-order valence-corrected chi connectivity index (χ4v) is 3.47. The summed E-state index contributed by atoms with van der Waals surface area (Å²) in [6, 6.07) is 5.53. The summed E-state index contributed by atoms with van der Waals surface area (Å²) >= 11 is 6.36. The van der Waals surface area contributed by atoms with E-state index in [1.54, 1.807) is 24.8 Å². The Balaban J connectivity index is 1.49. The van der Waals surface area contributed by atoms with E-state index in [1.165, 1.54) is 0 Å². The van der Waals surface area contributed by atoms with Crippen molar-refractivity contribution in [2.24, 2.45) is 0 Å². The van der Waals surface area contributed by atoms with E-state index >= 15 is 0 Å². The first kappa shape index (κ1) is 16.1. The van der Waals surface area contributed by atoms with Crippen LogP contribution in [0.4, 0.5) is 5.82 Å². The molecule has 1 fully saturated rings. The number of aromatic nitrogens is 3. The van der Waals surface area contributed by atoms with Crippen molar-refractivity contribution >= 4 is 28.3 Å². The zero-order valence-corrected chi connectivity index (χ0v) is 14.4. The Labute approximate surface area is 150 Å². The first-order valence-corrected chi connectivity index (χ1v) is 8.58. The van der Waals surface area contributed by atoms with E-state index in [9.17, 15) is 5.11 Å². The molecule has 0 spiro atoms. The van der Waals surface area contributed by atoms with E-state index < -0.39 is 0 Å². The number of hydrogen-bond acceptors (Lipinski definition) is 6. The van der Waals surface area contributed by atoms with Gasteiger partial charge in [0.1, 0.15) is 17.1 Å². The molecule has 0 saturated carbocycles. The van der Waals surface area contributed by atoms with Crippen LogP contribution in [0.1, 0.15) is 5.56 Å². The monoisotopic (exact) mass is 355 g/mol. The number of piperazine rings is 1. The second kappa shape index (κ2) is 6.82. The van der Waals surface area contributed by atoms with Gasteiger partial charge in [-0.05, 0) is 18.2 Å². The molecular formula is C18H18ClN5O. The maximum Gasteiger partial charge on any atom is 0.147 e. The van der Waals surface area contributed by atoms with E-state index in [-0.39, 0.29) is 5.75 Å². The van der Waals surface area contributed by atoms with Crippen LogP contribution < -0.4 is 4.90 Å². The predicted molar refractivity (Wildman–Crippen MR) is 97.9 cm³/mol. The van der Waals surface area contributed by atoms with Crippen LogP contribution in [0.25, 0.3) is 10.9 Å². The minimum atomic E-state index is 0.219. The number of rotatable bonds is 3. The maximum absolute atomic E-state index is 10.6. The molecule has 0 unspecified atom stereocenters. The van der Waals surface area contributed by atoms with Crippen LogP contribution in [-0.4, -0.2) is 51.1 Å². The van der Waals surface area contributed by atoms with Gasteiger partial charge >= 0.3 is 0 Å². The highest BCUT2D eigenvalue weighted by atomic mass is 35.5. The molecule has 3 heterocycles. The number of hydrogen-bond donors (Lipinski definition) is 1. The fourth-order valence-electron chi connectivity index (χ4n) is 3.19. The quantitative estimate of drug-likeness (QED) is 0.779. The van der Waals surface area contributed by atoms with Crippen LogP contribution in [0.15, 0.2) is 43.0 Å². The third kappa shape index (κ3) is 3.23. The van der Waals surface area contributed by atoms with E-state index in [0.717, 1.165) is 42.9 Å². The normalized spacial score (nSPS) is 15.6. The summed E-state index contributed by atoms with van der Waals surface area (Å²) in [5.74, 6) is 1.12. The molecule has 128 valence electrons. The zero-order valence-electron chi connectivity index (χ0n) is 13.6. The molecule has 3 aromatic rings. The van der Waals surface area contributed by atoms with Gasteiger partial charge in [0.05, 0.1) is 11.2 Å². The smallest absolute Gasteiger partial charge is 0.147 e.